The molecule has 1 aromatic carbocycles. The van der Waals surface area contributed by atoms with Gasteiger partial charge in [-0.25, -0.2) is 0 Å². The highest BCUT2D eigenvalue weighted by Gasteiger charge is 2.07. The minimum Gasteiger partial charge on any atom is -0.490 e. The van der Waals surface area contributed by atoms with Crippen molar-refractivity contribution < 1.29 is 18.9 Å². The standard InChI is InChI=1S/C17H27NO4/c1-5-19-15-10-9-14(11-16(15)20-6-2)12-18-13-17(21-7-3)22-8-4/h9-12,17H,5-8,13H2,1-4H3. The fourth-order valence-corrected chi connectivity index (χ4v) is 1.92. The minimum atomic E-state index is -0.291. The van der Waals surface area contributed by atoms with E-state index in [1.807, 2.05) is 45.9 Å². The van der Waals surface area contributed by atoms with Crippen LogP contribution in [0, 0.1) is 0 Å². The van der Waals surface area contributed by atoms with Crippen molar-refractivity contribution >= 4 is 6.21 Å². The molecule has 0 unspecified atom stereocenters. The van der Waals surface area contributed by atoms with Crippen LogP contribution in [0.15, 0.2) is 23.2 Å². The second-order valence-corrected chi connectivity index (χ2v) is 4.41. The van der Waals surface area contributed by atoms with E-state index in [1.54, 1.807) is 6.21 Å². The van der Waals surface area contributed by atoms with E-state index in [4.69, 9.17) is 18.9 Å². The smallest absolute Gasteiger partial charge is 0.176 e. The zero-order valence-corrected chi connectivity index (χ0v) is 14.0. The number of benzene rings is 1. The summed E-state index contributed by atoms with van der Waals surface area (Å²) in [7, 11) is 0. The third-order valence-electron chi connectivity index (χ3n) is 2.77. The summed E-state index contributed by atoms with van der Waals surface area (Å²) in [6.45, 7) is 10.7. The fourth-order valence-electron chi connectivity index (χ4n) is 1.92. The molecular formula is C17H27NO4. The lowest BCUT2D eigenvalue weighted by Crippen LogP contribution is -2.20. The first kappa shape index (κ1) is 18.5. The molecule has 1 rings (SSSR count). The van der Waals surface area contributed by atoms with Crippen molar-refractivity contribution in [1.29, 1.82) is 0 Å². The van der Waals surface area contributed by atoms with Crippen LogP contribution in [-0.2, 0) is 9.47 Å². The van der Waals surface area contributed by atoms with Crippen LogP contribution in [0.3, 0.4) is 0 Å². The highest BCUT2D eigenvalue weighted by molar-refractivity contribution is 5.80. The molecule has 5 heteroatoms. The van der Waals surface area contributed by atoms with E-state index in [9.17, 15) is 0 Å². The lowest BCUT2D eigenvalue weighted by molar-refractivity contribution is -0.128. The molecule has 0 bridgehead atoms. The predicted molar refractivity (Wildman–Crippen MR) is 88.3 cm³/mol. The molecule has 0 spiro atoms. The first-order chi connectivity index (χ1) is 10.7. The average molecular weight is 309 g/mol. The highest BCUT2D eigenvalue weighted by Crippen LogP contribution is 2.27. The number of ether oxygens (including phenoxy) is 4. The van der Waals surface area contributed by atoms with E-state index >= 15 is 0 Å². The average Bonchev–Trinajstić information content (AvgIpc) is 2.50. The molecule has 1 aromatic rings. The quantitative estimate of drug-likeness (QED) is 0.465. The topological polar surface area (TPSA) is 49.3 Å². The molecule has 124 valence electrons. The van der Waals surface area contributed by atoms with Gasteiger partial charge in [-0.15, -0.1) is 0 Å². The van der Waals surface area contributed by atoms with Crippen molar-refractivity contribution in [3.05, 3.63) is 23.8 Å². The van der Waals surface area contributed by atoms with Gasteiger partial charge in [0.25, 0.3) is 0 Å². The Bertz CT molecular complexity index is 442. The van der Waals surface area contributed by atoms with Crippen molar-refractivity contribution in [3.8, 4) is 11.5 Å². The summed E-state index contributed by atoms with van der Waals surface area (Å²) in [5.41, 5.74) is 0.957. The summed E-state index contributed by atoms with van der Waals surface area (Å²) in [6.07, 6.45) is 1.50. The summed E-state index contributed by atoms with van der Waals surface area (Å²) < 4.78 is 22.0. The van der Waals surface area contributed by atoms with Crippen LogP contribution in [0.2, 0.25) is 0 Å². The lowest BCUT2D eigenvalue weighted by Gasteiger charge is -2.14. The largest absolute Gasteiger partial charge is 0.490 e. The highest BCUT2D eigenvalue weighted by atomic mass is 16.7. The van der Waals surface area contributed by atoms with Gasteiger partial charge in [-0.1, -0.05) is 0 Å². The number of rotatable bonds is 11. The van der Waals surface area contributed by atoms with E-state index in [2.05, 4.69) is 4.99 Å². The van der Waals surface area contributed by atoms with Gasteiger partial charge in [0.2, 0.25) is 0 Å². The molecular weight excluding hydrogens is 282 g/mol. The Balaban J connectivity index is 2.71. The van der Waals surface area contributed by atoms with Crippen LogP contribution >= 0.6 is 0 Å². The maximum atomic E-state index is 5.60. The van der Waals surface area contributed by atoms with Gasteiger partial charge in [0, 0.05) is 19.4 Å². The molecule has 0 heterocycles. The maximum Gasteiger partial charge on any atom is 0.176 e. The van der Waals surface area contributed by atoms with Crippen molar-refractivity contribution in [2.75, 3.05) is 33.0 Å². The van der Waals surface area contributed by atoms with Crippen LogP contribution < -0.4 is 9.47 Å². The van der Waals surface area contributed by atoms with Crippen LogP contribution in [0.4, 0.5) is 0 Å². The summed E-state index contributed by atoms with van der Waals surface area (Å²) >= 11 is 0. The summed E-state index contributed by atoms with van der Waals surface area (Å²) in [6, 6.07) is 5.78. The third-order valence-corrected chi connectivity index (χ3v) is 2.77. The Morgan fingerprint density at radius 2 is 1.55 bits per heavy atom. The molecule has 0 aliphatic carbocycles. The zero-order chi connectivity index (χ0) is 16.2. The fraction of sp³-hybridized carbons (Fsp3) is 0.588. The number of hydrogen-bond acceptors (Lipinski definition) is 5. The molecule has 0 saturated heterocycles. The van der Waals surface area contributed by atoms with Crippen molar-refractivity contribution in [3.63, 3.8) is 0 Å². The first-order valence-electron chi connectivity index (χ1n) is 7.87. The number of hydrogen-bond donors (Lipinski definition) is 0. The molecule has 0 atom stereocenters. The van der Waals surface area contributed by atoms with Crippen LogP contribution in [0.5, 0.6) is 11.5 Å². The Morgan fingerprint density at radius 1 is 0.909 bits per heavy atom. The van der Waals surface area contributed by atoms with E-state index in [1.165, 1.54) is 0 Å². The Labute approximate surface area is 133 Å². The predicted octanol–water partition coefficient (Wildman–Crippen LogP) is 3.30. The summed E-state index contributed by atoms with van der Waals surface area (Å²) in [5.74, 6) is 1.49. The van der Waals surface area contributed by atoms with E-state index in [-0.39, 0.29) is 6.29 Å². The third kappa shape index (κ3) is 6.45. The minimum absolute atomic E-state index is 0.291. The molecule has 0 N–H and O–H groups in total. The summed E-state index contributed by atoms with van der Waals surface area (Å²) in [5, 5.41) is 0. The lowest BCUT2D eigenvalue weighted by atomic mass is 10.2. The number of aliphatic imine (C=N–C) groups is 1. The molecule has 5 nitrogen and oxygen atoms in total. The van der Waals surface area contributed by atoms with Gasteiger partial charge in [0.15, 0.2) is 17.8 Å². The second kappa shape index (κ2) is 11.0. The monoisotopic (exact) mass is 309 g/mol. The SMILES string of the molecule is CCOc1ccc(C=NCC(OCC)OCC)cc1OCC. The Hall–Kier alpha value is -1.59. The van der Waals surface area contributed by atoms with Gasteiger partial charge in [0.05, 0.1) is 19.8 Å². The van der Waals surface area contributed by atoms with E-state index in [0.29, 0.717) is 33.0 Å². The van der Waals surface area contributed by atoms with Gasteiger partial charge in [-0.2, -0.15) is 0 Å². The van der Waals surface area contributed by atoms with Crippen LogP contribution in [0.25, 0.3) is 0 Å². The van der Waals surface area contributed by atoms with Crippen molar-refractivity contribution in [1.82, 2.24) is 0 Å². The van der Waals surface area contributed by atoms with Crippen LogP contribution in [0.1, 0.15) is 33.3 Å². The van der Waals surface area contributed by atoms with Gasteiger partial charge in [-0.3, -0.25) is 4.99 Å². The summed E-state index contributed by atoms with van der Waals surface area (Å²) in [4.78, 5) is 4.38. The van der Waals surface area contributed by atoms with Gasteiger partial charge in [-0.05, 0) is 51.5 Å². The maximum absolute atomic E-state index is 5.60. The molecule has 0 radical (unpaired) electrons. The zero-order valence-electron chi connectivity index (χ0n) is 14.0. The van der Waals surface area contributed by atoms with Crippen molar-refractivity contribution in [2.24, 2.45) is 4.99 Å². The van der Waals surface area contributed by atoms with Gasteiger partial charge >= 0.3 is 0 Å². The van der Waals surface area contributed by atoms with Crippen molar-refractivity contribution in [2.45, 2.75) is 34.0 Å². The normalized spacial score (nSPS) is 11.3. The molecule has 0 amide bonds. The van der Waals surface area contributed by atoms with Gasteiger partial charge in [0.1, 0.15) is 0 Å². The van der Waals surface area contributed by atoms with E-state index in [0.717, 1.165) is 17.1 Å². The molecule has 0 aliphatic heterocycles. The molecule has 0 fully saturated rings. The second-order valence-electron chi connectivity index (χ2n) is 4.41. The van der Waals surface area contributed by atoms with Gasteiger partial charge < -0.3 is 18.9 Å². The first-order valence-corrected chi connectivity index (χ1v) is 7.87. The van der Waals surface area contributed by atoms with Crippen LogP contribution in [-0.4, -0.2) is 45.5 Å². The molecule has 0 aromatic heterocycles. The number of nitrogens with zero attached hydrogens (tertiary/aromatic N) is 1. The Morgan fingerprint density at radius 3 is 2.14 bits per heavy atom. The molecule has 0 saturated carbocycles. The van der Waals surface area contributed by atoms with E-state index < -0.39 is 0 Å². The Kier molecular flexibility index (Phi) is 9.26. The molecule has 0 aliphatic rings. The molecule has 22 heavy (non-hydrogen) atoms.